The summed E-state index contributed by atoms with van der Waals surface area (Å²) in [4.78, 5) is 24.9. The molecule has 1 saturated carbocycles. The number of nitrogens with two attached hydrogens (primary N) is 1. The van der Waals surface area contributed by atoms with Crippen molar-refractivity contribution in [2.45, 2.75) is 37.8 Å². The number of likely N-dealkylation sites (tertiary alicyclic amines) is 1. The van der Waals surface area contributed by atoms with E-state index in [9.17, 15) is 9.59 Å². The molecule has 8 nitrogen and oxygen atoms in total. The highest BCUT2D eigenvalue weighted by atomic mass is 16.4. The van der Waals surface area contributed by atoms with Gasteiger partial charge in [0.05, 0.1) is 12.2 Å². The van der Waals surface area contributed by atoms with Crippen molar-refractivity contribution in [3.8, 4) is 0 Å². The maximum atomic E-state index is 12.3. The Kier molecular flexibility index (Phi) is 3.62. The van der Waals surface area contributed by atoms with Gasteiger partial charge in [-0.15, -0.1) is 5.10 Å². The molecule has 114 valence electrons. The Morgan fingerprint density at radius 2 is 2.10 bits per heavy atom. The molecule has 0 spiro atoms. The molecule has 3 N–H and O–H groups in total. The van der Waals surface area contributed by atoms with E-state index in [0.29, 0.717) is 13.1 Å². The number of amides is 1. The Morgan fingerprint density at radius 1 is 1.33 bits per heavy atom. The number of rotatable bonds is 3. The Balaban J connectivity index is 1.55. The number of aromatic carboxylic acids is 1. The van der Waals surface area contributed by atoms with Crippen LogP contribution in [0.4, 0.5) is 0 Å². The van der Waals surface area contributed by atoms with Crippen molar-refractivity contribution in [3.63, 3.8) is 0 Å². The smallest absolute Gasteiger partial charge is 0.358 e. The van der Waals surface area contributed by atoms with Crippen molar-refractivity contribution in [2.75, 3.05) is 13.1 Å². The number of carbonyl (C=O) groups is 2. The van der Waals surface area contributed by atoms with Crippen molar-refractivity contribution in [2.24, 2.45) is 11.7 Å². The van der Waals surface area contributed by atoms with E-state index in [1.807, 2.05) is 0 Å². The Bertz CT molecular complexity index is 552. The molecule has 1 aromatic heterocycles. The van der Waals surface area contributed by atoms with Crippen molar-refractivity contribution in [3.05, 3.63) is 11.9 Å². The molecule has 2 heterocycles. The fourth-order valence-electron chi connectivity index (χ4n) is 3.07. The van der Waals surface area contributed by atoms with Gasteiger partial charge in [-0.3, -0.25) is 4.79 Å². The lowest BCUT2D eigenvalue weighted by Gasteiger charge is -2.41. The highest BCUT2D eigenvalue weighted by Gasteiger charge is 2.37. The zero-order valence-corrected chi connectivity index (χ0v) is 11.7. The maximum Gasteiger partial charge on any atom is 0.358 e. The topological polar surface area (TPSA) is 114 Å². The van der Waals surface area contributed by atoms with E-state index in [2.05, 4.69) is 10.3 Å². The van der Waals surface area contributed by atoms with Crippen LogP contribution in [0.3, 0.4) is 0 Å². The molecule has 1 aromatic rings. The average molecular weight is 293 g/mol. The lowest BCUT2D eigenvalue weighted by atomic mass is 9.84. The fraction of sp³-hybridized carbons (Fsp3) is 0.692. The Morgan fingerprint density at radius 3 is 2.71 bits per heavy atom. The second kappa shape index (κ2) is 5.44. The van der Waals surface area contributed by atoms with E-state index in [1.54, 1.807) is 4.90 Å². The van der Waals surface area contributed by atoms with E-state index < -0.39 is 5.97 Å². The summed E-state index contributed by atoms with van der Waals surface area (Å²) in [5, 5.41) is 16.2. The molecule has 1 saturated heterocycles. The molecule has 1 amide bonds. The maximum absolute atomic E-state index is 12.3. The first-order valence-electron chi connectivity index (χ1n) is 7.24. The fourth-order valence-corrected chi connectivity index (χ4v) is 3.07. The van der Waals surface area contributed by atoms with Crippen LogP contribution in [0.5, 0.6) is 0 Å². The van der Waals surface area contributed by atoms with Crippen molar-refractivity contribution < 1.29 is 14.7 Å². The van der Waals surface area contributed by atoms with Crippen molar-refractivity contribution >= 4 is 11.9 Å². The first-order chi connectivity index (χ1) is 10.0. The molecule has 21 heavy (non-hydrogen) atoms. The van der Waals surface area contributed by atoms with E-state index in [4.69, 9.17) is 10.8 Å². The van der Waals surface area contributed by atoms with Gasteiger partial charge in [0.1, 0.15) is 0 Å². The highest BCUT2D eigenvalue weighted by Crippen LogP contribution is 2.29. The van der Waals surface area contributed by atoms with Crippen LogP contribution in [0.1, 0.15) is 42.2 Å². The van der Waals surface area contributed by atoms with Crippen LogP contribution in [-0.4, -0.2) is 56.0 Å². The summed E-state index contributed by atoms with van der Waals surface area (Å²) in [5.41, 5.74) is 5.85. The van der Waals surface area contributed by atoms with Gasteiger partial charge in [-0.05, 0) is 19.3 Å². The third kappa shape index (κ3) is 2.76. The molecule has 2 fully saturated rings. The van der Waals surface area contributed by atoms with Gasteiger partial charge in [-0.2, -0.15) is 0 Å². The zero-order valence-electron chi connectivity index (χ0n) is 11.7. The Hall–Kier alpha value is -1.96. The molecule has 0 aromatic carbocycles. The molecule has 2 unspecified atom stereocenters. The molecular weight excluding hydrogens is 274 g/mol. The largest absolute Gasteiger partial charge is 0.476 e. The van der Waals surface area contributed by atoms with E-state index >= 15 is 0 Å². The molecular formula is C13H19N5O3. The predicted octanol–water partition coefficient (Wildman–Crippen LogP) is -0.123. The van der Waals surface area contributed by atoms with Crippen LogP contribution in [0.2, 0.25) is 0 Å². The van der Waals surface area contributed by atoms with E-state index in [1.165, 1.54) is 10.9 Å². The molecule has 2 atom stereocenters. The summed E-state index contributed by atoms with van der Waals surface area (Å²) in [7, 11) is 0. The number of nitrogens with zero attached hydrogens (tertiary/aromatic N) is 4. The average Bonchev–Trinajstić information content (AvgIpc) is 2.86. The summed E-state index contributed by atoms with van der Waals surface area (Å²) in [6.45, 7) is 1.12. The standard InChI is InChI=1S/C13H19N5O3/c14-9-3-1-2-8(4-9)12(19)17-5-10(6-17)18-7-11(13(20)21)15-16-18/h7-10H,1-6,14H2,(H,20,21). The summed E-state index contributed by atoms with van der Waals surface area (Å²) >= 11 is 0. The molecule has 2 aliphatic rings. The van der Waals surface area contributed by atoms with Gasteiger partial charge in [-0.1, -0.05) is 11.6 Å². The lowest BCUT2D eigenvalue weighted by Crippen LogP contribution is -2.53. The second-order valence-corrected chi connectivity index (χ2v) is 5.91. The number of hydrogen-bond donors (Lipinski definition) is 2. The molecule has 1 aliphatic carbocycles. The van der Waals surface area contributed by atoms with Gasteiger partial charge in [0.25, 0.3) is 0 Å². The van der Waals surface area contributed by atoms with Crippen LogP contribution in [-0.2, 0) is 4.79 Å². The van der Waals surface area contributed by atoms with Crippen LogP contribution in [0.15, 0.2) is 6.20 Å². The monoisotopic (exact) mass is 293 g/mol. The first kappa shape index (κ1) is 14.0. The van der Waals surface area contributed by atoms with Gasteiger partial charge in [-0.25, -0.2) is 9.48 Å². The second-order valence-electron chi connectivity index (χ2n) is 5.91. The van der Waals surface area contributed by atoms with Gasteiger partial charge >= 0.3 is 5.97 Å². The quantitative estimate of drug-likeness (QED) is 0.802. The van der Waals surface area contributed by atoms with Gasteiger partial charge < -0.3 is 15.7 Å². The summed E-state index contributed by atoms with van der Waals surface area (Å²) < 4.78 is 1.53. The number of carboxylic acids is 1. The molecule has 0 bridgehead atoms. The van der Waals surface area contributed by atoms with Crippen LogP contribution < -0.4 is 5.73 Å². The minimum atomic E-state index is -1.09. The molecule has 8 heteroatoms. The predicted molar refractivity (Wildman–Crippen MR) is 72.5 cm³/mol. The van der Waals surface area contributed by atoms with E-state index in [-0.39, 0.29) is 29.6 Å². The third-order valence-electron chi connectivity index (χ3n) is 4.34. The van der Waals surface area contributed by atoms with Crippen LogP contribution in [0, 0.1) is 5.92 Å². The van der Waals surface area contributed by atoms with Crippen LogP contribution in [0.25, 0.3) is 0 Å². The first-order valence-corrected chi connectivity index (χ1v) is 7.24. The lowest BCUT2D eigenvalue weighted by molar-refractivity contribution is -0.142. The van der Waals surface area contributed by atoms with Gasteiger partial charge in [0.15, 0.2) is 5.69 Å². The molecule has 1 aliphatic heterocycles. The van der Waals surface area contributed by atoms with E-state index in [0.717, 1.165) is 25.7 Å². The molecule has 0 radical (unpaired) electrons. The summed E-state index contributed by atoms with van der Waals surface area (Å²) in [6.07, 6.45) is 5.11. The Labute approximate surface area is 121 Å². The molecule has 3 rings (SSSR count). The number of aromatic nitrogens is 3. The highest BCUT2D eigenvalue weighted by molar-refractivity contribution is 5.84. The number of carboxylic acid groups (broad SMARTS) is 1. The minimum absolute atomic E-state index is 0.0202. The van der Waals surface area contributed by atoms with Crippen molar-refractivity contribution in [1.82, 2.24) is 19.9 Å². The number of hydrogen-bond acceptors (Lipinski definition) is 5. The number of carbonyl (C=O) groups excluding carboxylic acids is 1. The van der Waals surface area contributed by atoms with Gasteiger partial charge in [0.2, 0.25) is 5.91 Å². The summed E-state index contributed by atoms with van der Waals surface area (Å²) in [5.74, 6) is -0.885. The third-order valence-corrected chi connectivity index (χ3v) is 4.34. The summed E-state index contributed by atoms with van der Waals surface area (Å²) in [6, 6.07) is 0.157. The zero-order chi connectivity index (χ0) is 15.0. The van der Waals surface area contributed by atoms with Crippen LogP contribution >= 0.6 is 0 Å². The minimum Gasteiger partial charge on any atom is -0.476 e. The van der Waals surface area contributed by atoms with Gasteiger partial charge in [0, 0.05) is 25.0 Å². The van der Waals surface area contributed by atoms with Crippen molar-refractivity contribution in [1.29, 1.82) is 0 Å². The normalized spacial score (nSPS) is 26.4. The SMILES string of the molecule is NC1CCCC(C(=O)N2CC(n3cc(C(=O)O)nn3)C2)C1.